The van der Waals surface area contributed by atoms with Crippen molar-refractivity contribution in [3.8, 4) is 0 Å². The third-order valence-corrected chi connectivity index (χ3v) is 6.96. The predicted octanol–water partition coefficient (Wildman–Crippen LogP) is 2.03. The number of rotatable bonds is 4. The molecule has 0 aliphatic carbocycles. The lowest BCUT2D eigenvalue weighted by molar-refractivity contribution is 0.548. The first-order chi connectivity index (χ1) is 8.65. The van der Waals surface area contributed by atoms with Gasteiger partial charge in [0.15, 0.2) is 0 Å². The quantitative estimate of drug-likeness (QED) is 0.655. The van der Waals surface area contributed by atoms with Gasteiger partial charge in [0.1, 0.15) is 0 Å². The molecule has 0 spiro atoms. The van der Waals surface area contributed by atoms with E-state index >= 15 is 0 Å². The average molecular weight is 286 g/mol. The summed E-state index contributed by atoms with van der Waals surface area (Å²) in [7, 11) is 0. The Morgan fingerprint density at radius 3 is 2.89 bits per heavy atom. The molecular weight excluding hydrogens is 264 g/mol. The van der Waals surface area contributed by atoms with Crippen LogP contribution in [0.5, 0.6) is 0 Å². The highest BCUT2D eigenvalue weighted by Crippen LogP contribution is 2.40. The lowest BCUT2D eigenvalue weighted by atomic mass is 10.1. The van der Waals surface area contributed by atoms with Gasteiger partial charge in [-0.05, 0) is 6.92 Å². The summed E-state index contributed by atoms with van der Waals surface area (Å²) in [5.41, 5.74) is 4.17. The van der Waals surface area contributed by atoms with Crippen molar-refractivity contribution in [1.82, 2.24) is 15.2 Å². The van der Waals surface area contributed by atoms with E-state index in [1.54, 1.807) is 0 Å². The number of aromatic nitrogens is 2. The van der Waals surface area contributed by atoms with Crippen LogP contribution in [0.1, 0.15) is 32.4 Å². The second-order valence-corrected chi connectivity index (χ2v) is 7.72. The lowest BCUT2D eigenvalue weighted by Gasteiger charge is -2.35. The molecule has 102 valence electrons. The summed E-state index contributed by atoms with van der Waals surface area (Å²) in [5, 5.41) is 6.25. The SMILES string of the molecule is CCn1cc(C(NN)C2CSC(C)C(C)S2)cn1. The van der Waals surface area contributed by atoms with Gasteiger partial charge in [0.05, 0.1) is 12.2 Å². The molecule has 2 rings (SSSR count). The van der Waals surface area contributed by atoms with Crippen molar-refractivity contribution < 1.29 is 0 Å². The van der Waals surface area contributed by atoms with Crippen molar-refractivity contribution in [1.29, 1.82) is 0 Å². The maximum Gasteiger partial charge on any atom is 0.0617 e. The molecule has 3 N–H and O–H groups in total. The van der Waals surface area contributed by atoms with Gasteiger partial charge in [-0.1, -0.05) is 13.8 Å². The van der Waals surface area contributed by atoms with Crippen LogP contribution in [-0.2, 0) is 6.54 Å². The zero-order chi connectivity index (χ0) is 13.1. The fourth-order valence-corrected chi connectivity index (χ4v) is 5.21. The minimum absolute atomic E-state index is 0.192. The maximum atomic E-state index is 5.76. The summed E-state index contributed by atoms with van der Waals surface area (Å²) in [6.07, 6.45) is 4.03. The summed E-state index contributed by atoms with van der Waals surface area (Å²) in [5.74, 6) is 6.90. The first-order valence-corrected chi connectivity index (χ1v) is 8.40. The third kappa shape index (κ3) is 3.04. The molecule has 1 aromatic heterocycles. The van der Waals surface area contributed by atoms with E-state index in [2.05, 4.69) is 37.5 Å². The minimum atomic E-state index is 0.192. The first-order valence-electron chi connectivity index (χ1n) is 6.41. The van der Waals surface area contributed by atoms with E-state index in [-0.39, 0.29) is 6.04 Å². The van der Waals surface area contributed by atoms with Crippen LogP contribution in [-0.4, -0.2) is 31.3 Å². The number of thioether (sulfide) groups is 2. The molecule has 0 bridgehead atoms. The standard InChI is InChI=1S/C12H22N4S2/c1-4-16-6-10(5-14-16)12(15-13)11-7-17-8(2)9(3)18-11/h5-6,8-9,11-12,15H,4,7,13H2,1-3H3. The second-order valence-electron chi connectivity index (χ2n) is 4.69. The van der Waals surface area contributed by atoms with Crippen LogP contribution in [0.15, 0.2) is 12.4 Å². The summed E-state index contributed by atoms with van der Waals surface area (Å²) in [4.78, 5) is 0. The Kier molecular flexibility index (Phi) is 5.00. The van der Waals surface area contributed by atoms with Crippen molar-refractivity contribution in [2.45, 2.75) is 49.1 Å². The van der Waals surface area contributed by atoms with Gasteiger partial charge in [0, 0.05) is 39.8 Å². The maximum absolute atomic E-state index is 5.76. The molecule has 18 heavy (non-hydrogen) atoms. The fourth-order valence-electron chi connectivity index (χ4n) is 2.11. The molecule has 4 nitrogen and oxygen atoms in total. The van der Waals surface area contributed by atoms with Crippen LogP contribution in [0.25, 0.3) is 0 Å². The molecule has 1 saturated heterocycles. The van der Waals surface area contributed by atoms with Crippen molar-refractivity contribution >= 4 is 23.5 Å². The van der Waals surface area contributed by atoms with Gasteiger partial charge in [0.25, 0.3) is 0 Å². The zero-order valence-electron chi connectivity index (χ0n) is 11.2. The normalized spacial score (nSPS) is 30.3. The van der Waals surface area contributed by atoms with Gasteiger partial charge in [0.2, 0.25) is 0 Å². The van der Waals surface area contributed by atoms with E-state index in [4.69, 9.17) is 5.84 Å². The smallest absolute Gasteiger partial charge is 0.0617 e. The van der Waals surface area contributed by atoms with Crippen molar-refractivity contribution in [2.24, 2.45) is 5.84 Å². The number of nitrogens with zero attached hydrogens (tertiary/aromatic N) is 2. The lowest BCUT2D eigenvalue weighted by Crippen LogP contribution is -2.40. The van der Waals surface area contributed by atoms with E-state index in [0.717, 1.165) is 17.5 Å². The molecule has 4 atom stereocenters. The Morgan fingerprint density at radius 2 is 2.33 bits per heavy atom. The van der Waals surface area contributed by atoms with Crippen LogP contribution < -0.4 is 11.3 Å². The van der Waals surface area contributed by atoms with Crippen LogP contribution in [0.2, 0.25) is 0 Å². The average Bonchev–Trinajstić information content (AvgIpc) is 2.83. The van der Waals surface area contributed by atoms with Crippen molar-refractivity contribution in [3.63, 3.8) is 0 Å². The topological polar surface area (TPSA) is 55.9 Å². The van der Waals surface area contributed by atoms with Gasteiger partial charge >= 0.3 is 0 Å². The Hall–Kier alpha value is -0.170. The van der Waals surface area contributed by atoms with Gasteiger partial charge in [-0.2, -0.15) is 28.6 Å². The summed E-state index contributed by atoms with van der Waals surface area (Å²) < 4.78 is 1.95. The number of hydrogen-bond acceptors (Lipinski definition) is 5. The summed E-state index contributed by atoms with van der Waals surface area (Å²) >= 11 is 4.08. The number of hydrazine groups is 1. The van der Waals surface area contributed by atoms with Gasteiger partial charge < -0.3 is 0 Å². The van der Waals surface area contributed by atoms with E-state index in [0.29, 0.717) is 10.5 Å². The van der Waals surface area contributed by atoms with Crippen LogP contribution in [0.3, 0.4) is 0 Å². The molecule has 0 amide bonds. The van der Waals surface area contributed by atoms with Crippen molar-refractivity contribution in [3.05, 3.63) is 18.0 Å². The highest BCUT2D eigenvalue weighted by molar-refractivity contribution is 8.07. The monoisotopic (exact) mass is 286 g/mol. The van der Waals surface area contributed by atoms with E-state index in [1.165, 1.54) is 5.56 Å². The second kappa shape index (κ2) is 6.32. The molecule has 1 aliphatic rings. The van der Waals surface area contributed by atoms with Crippen LogP contribution >= 0.6 is 23.5 Å². The predicted molar refractivity (Wildman–Crippen MR) is 80.7 cm³/mol. The fraction of sp³-hybridized carbons (Fsp3) is 0.750. The highest BCUT2D eigenvalue weighted by Gasteiger charge is 2.32. The van der Waals surface area contributed by atoms with E-state index in [1.807, 2.05) is 34.4 Å². The molecular formula is C12H22N4S2. The Labute approximate surface area is 117 Å². The van der Waals surface area contributed by atoms with E-state index < -0.39 is 0 Å². The Bertz CT molecular complexity index is 382. The zero-order valence-corrected chi connectivity index (χ0v) is 12.8. The molecule has 1 fully saturated rings. The van der Waals surface area contributed by atoms with Gasteiger partial charge in [-0.3, -0.25) is 16.0 Å². The molecule has 1 aromatic rings. The summed E-state index contributed by atoms with van der Waals surface area (Å²) in [6.45, 7) is 7.60. The summed E-state index contributed by atoms with van der Waals surface area (Å²) in [6, 6.07) is 0.192. The highest BCUT2D eigenvalue weighted by atomic mass is 32.2. The number of nitrogens with two attached hydrogens (primary N) is 1. The number of nitrogens with one attached hydrogen (secondary N) is 1. The largest absolute Gasteiger partial charge is 0.273 e. The Morgan fingerprint density at radius 1 is 1.56 bits per heavy atom. The van der Waals surface area contributed by atoms with Crippen LogP contribution in [0.4, 0.5) is 0 Å². The minimum Gasteiger partial charge on any atom is -0.273 e. The van der Waals surface area contributed by atoms with Gasteiger partial charge in [-0.25, -0.2) is 0 Å². The molecule has 2 heterocycles. The van der Waals surface area contributed by atoms with Crippen LogP contribution in [0, 0.1) is 0 Å². The molecule has 4 unspecified atom stereocenters. The molecule has 0 aromatic carbocycles. The molecule has 1 aliphatic heterocycles. The third-order valence-electron chi connectivity index (χ3n) is 3.46. The molecule has 0 radical (unpaired) electrons. The molecule has 6 heteroatoms. The van der Waals surface area contributed by atoms with E-state index in [9.17, 15) is 0 Å². The number of aryl methyl sites for hydroxylation is 1. The van der Waals surface area contributed by atoms with Crippen molar-refractivity contribution in [2.75, 3.05) is 5.75 Å². The number of hydrogen-bond donors (Lipinski definition) is 2. The first kappa shape index (κ1) is 14.2. The molecule has 0 saturated carbocycles. The Balaban J connectivity index is 2.08. The van der Waals surface area contributed by atoms with Gasteiger partial charge in [-0.15, -0.1) is 0 Å².